The molecule has 0 bridgehead atoms. The normalized spacial score (nSPS) is 17.6. The number of aliphatic hydroxyl groups is 2. The summed E-state index contributed by atoms with van der Waals surface area (Å²) in [7, 11) is 0. The smallest absolute Gasteiger partial charge is 0.340 e. The molecule has 332 valence electrons. The molecule has 0 aliphatic carbocycles. The standard InChI is InChI=1S/C26H24ClN3O2.C17H16ClN3.C9H10O3/c1-26(32,21-10-6-3-7-11-21)25(31)29-14-15-30(23-13-12-19(17-28)16-22(23)27)24(18-29)20-8-4-2-5-9-20;18-15-10-13(11-19)6-7-16(15)21-9-8-20-12-17(21)14-4-2-1-3-5-14;1-9(12,8(10)11)7-5-3-2-4-6-7/h2-13,16,24,32H,14-15,18H2,1H3;1-7,10,17,20H,8-9,12H2;2-6,12H,1H3,(H,10,11)/t24-,26+;17-;9-/m001/s1. The number of anilines is 2. The SMILES string of the molecule is C[C@](O)(C(=O)N1CCN(c2ccc(C#N)cc2Cl)[C@H](c2ccccc2)C1)c1ccccc1.C[C@](O)(C(=O)O)c1ccccc1.N#Cc1ccc(N2CCNC[C@H]2c2ccccc2)c(Cl)c1. The number of aliphatic carboxylic acids is 1. The van der Waals surface area contributed by atoms with Crippen LogP contribution in [-0.2, 0) is 20.8 Å². The van der Waals surface area contributed by atoms with Crippen molar-refractivity contribution >= 4 is 46.5 Å². The third-order valence-corrected chi connectivity index (χ3v) is 12.2. The summed E-state index contributed by atoms with van der Waals surface area (Å²) in [6, 6.07) is 52.8. The fourth-order valence-corrected chi connectivity index (χ4v) is 8.46. The number of nitrogens with one attached hydrogen (secondary N) is 1. The van der Waals surface area contributed by atoms with Gasteiger partial charge in [0.2, 0.25) is 0 Å². The Labute approximate surface area is 389 Å². The van der Waals surface area contributed by atoms with Crippen molar-refractivity contribution < 1.29 is 24.9 Å². The zero-order chi connectivity index (χ0) is 46.6. The van der Waals surface area contributed by atoms with Crippen LogP contribution in [0, 0.1) is 22.7 Å². The van der Waals surface area contributed by atoms with Crippen LogP contribution in [0.3, 0.4) is 0 Å². The first-order valence-electron chi connectivity index (χ1n) is 21.1. The molecule has 11 nitrogen and oxygen atoms in total. The molecule has 0 spiro atoms. The highest BCUT2D eigenvalue weighted by atomic mass is 35.5. The molecule has 4 atom stereocenters. The van der Waals surface area contributed by atoms with Gasteiger partial charge in [-0.15, -0.1) is 0 Å². The number of benzene rings is 6. The zero-order valence-corrected chi connectivity index (χ0v) is 37.6. The Balaban J connectivity index is 0.000000181. The number of hydrogen-bond donors (Lipinski definition) is 4. The Morgan fingerprint density at radius 3 is 1.49 bits per heavy atom. The van der Waals surface area contributed by atoms with E-state index in [1.165, 1.54) is 12.5 Å². The molecule has 0 radical (unpaired) electrons. The predicted molar refractivity (Wildman–Crippen MR) is 255 cm³/mol. The van der Waals surface area contributed by atoms with Gasteiger partial charge in [0.05, 0.1) is 56.8 Å². The Morgan fingerprint density at radius 2 is 1.05 bits per heavy atom. The molecule has 4 N–H and O–H groups in total. The number of carbonyl (C=O) groups is 2. The van der Waals surface area contributed by atoms with E-state index in [4.69, 9.17) is 38.8 Å². The molecule has 2 aliphatic heterocycles. The van der Waals surface area contributed by atoms with Gasteiger partial charge in [-0.3, -0.25) is 4.79 Å². The second-order valence-corrected chi connectivity index (χ2v) is 16.7. The van der Waals surface area contributed by atoms with Crippen LogP contribution in [-0.4, -0.2) is 71.4 Å². The highest BCUT2D eigenvalue weighted by molar-refractivity contribution is 6.33. The summed E-state index contributed by atoms with van der Waals surface area (Å²) in [6.45, 7) is 6.91. The van der Waals surface area contributed by atoms with E-state index < -0.39 is 17.2 Å². The van der Waals surface area contributed by atoms with Crippen molar-refractivity contribution in [3.05, 3.63) is 201 Å². The predicted octanol–water partition coefficient (Wildman–Crippen LogP) is 8.85. The summed E-state index contributed by atoms with van der Waals surface area (Å²) in [6.07, 6.45) is 0. The van der Waals surface area contributed by atoms with E-state index in [-0.39, 0.29) is 18.0 Å². The molecule has 13 heteroatoms. The maximum atomic E-state index is 13.4. The molecule has 2 fully saturated rings. The van der Waals surface area contributed by atoms with E-state index >= 15 is 0 Å². The second-order valence-electron chi connectivity index (χ2n) is 15.9. The van der Waals surface area contributed by atoms with Crippen LogP contribution in [0.5, 0.6) is 0 Å². The first kappa shape index (κ1) is 47.8. The van der Waals surface area contributed by atoms with Crippen LogP contribution >= 0.6 is 23.2 Å². The summed E-state index contributed by atoms with van der Waals surface area (Å²) in [4.78, 5) is 30.2. The molecule has 2 saturated heterocycles. The summed E-state index contributed by atoms with van der Waals surface area (Å²) >= 11 is 12.9. The fourth-order valence-electron chi connectivity index (χ4n) is 7.88. The molecule has 1 amide bonds. The molecular formula is C52H50Cl2N6O5. The zero-order valence-electron chi connectivity index (χ0n) is 36.1. The van der Waals surface area contributed by atoms with Crippen LogP contribution < -0.4 is 15.1 Å². The molecule has 0 aromatic heterocycles. The highest BCUT2D eigenvalue weighted by Crippen LogP contribution is 2.38. The van der Waals surface area contributed by atoms with Crippen LogP contribution in [0.25, 0.3) is 0 Å². The minimum Gasteiger partial charge on any atom is -0.479 e. The third-order valence-electron chi connectivity index (χ3n) is 11.6. The van der Waals surface area contributed by atoms with Crippen molar-refractivity contribution in [1.82, 2.24) is 10.2 Å². The maximum Gasteiger partial charge on any atom is 0.340 e. The average Bonchev–Trinajstić information content (AvgIpc) is 3.35. The Morgan fingerprint density at radius 1 is 0.615 bits per heavy atom. The Bertz CT molecular complexity index is 2620. The van der Waals surface area contributed by atoms with Gasteiger partial charge >= 0.3 is 5.97 Å². The number of carboxylic acids is 1. The van der Waals surface area contributed by atoms with Crippen LogP contribution in [0.1, 0.15) is 59.3 Å². The number of amides is 1. The van der Waals surface area contributed by atoms with Crippen LogP contribution in [0.4, 0.5) is 11.4 Å². The molecule has 8 rings (SSSR count). The highest BCUT2D eigenvalue weighted by Gasteiger charge is 2.40. The van der Waals surface area contributed by atoms with Gasteiger partial charge in [0.1, 0.15) is 0 Å². The number of halogens is 2. The molecule has 6 aromatic carbocycles. The first-order valence-corrected chi connectivity index (χ1v) is 21.8. The van der Waals surface area contributed by atoms with Crippen molar-refractivity contribution in [2.45, 2.75) is 37.1 Å². The summed E-state index contributed by atoms with van der Waals surface area (Å²) in [5.74, 6) is -1.57. The van der Waals surface area contributed by atoms with E-state index in [2.05, 4.69) is 51.5 Å². The van der Waals surface area contributed by atoms with Crippen molar-refractivity contribution in [1.29, 1.82) is 10.5 Å². The van der Waals surface area contributed by atoms with E-state index in [1.54, 1.807) is 72.5 Å². The van der Waals surface area contributed by atoms with Crippen LogP contribution in [0.15, 0.2) is 158 Å². The molecule has 2 heterocycles. The number of carboxylic acid groups (broad SMARTS) is 1. The summed E-state index contributed by atoms with van der Waals surface area (Å²) in [5.41, 5.74) is 2.77. The van der Waals surface area contributed by atoms with Gasteiger partial charge in [-0.2, -0.15) is 10.5 Å². The van der Waals surface area contributed by atoms with Gasteiger partial charge in [-0.05, 0) is 72.5 Å². The molecule has 6 aromatic rings. The quantitative estimate of drug-likeness (QED) is 0.116. The number of piperazine rings is 2. The number of nitriles is 2. The van der Waals surface area contributed by atoms with Gasteiger partial charge in [0.25, 0.3) is 5.91 Å². The van der Waals surface area contributed by atoms with Gasteiger partial charge in [0.15, 0.2) is 11.2 Å². The van der Waals surface area contributed by atoms with Crippen molar-refractivity contribution in [3.8, 4) is 12.1 Å². The van der Waals surface area contributed by atoms with Crippen molar-refractivity contribution in [2.75, 3.05) is 49.1 Å². The lowest BCUT2D eigenvalue weighted by Crippen LogP contribution is -2.55. The van der Waals surface area contributed by atoms with E-state index in [9.17, 15) is 19.8 Å². The number of carbonyl (C=O) groups excluding carboxylic acids is 1. The lowest BCUT2D eigenvalue weighted by atomic mass is 9.93. The minimum absolute atomic E-state index is 0.147. The van der Waals surface area contributed by atoms with Gasteiger partial charge < -0.3 is 35.3 Å². The number of hydrogen-bond acceptors (Lipinski definition) is 9. The summed E-state index contributed by atoms with van der Waals surface area (Å²) < 4.78 is 0. The van der Waals surface area contributed by atoms with Crippen LogP contribution in [0.2, 0.25) is 10.0 Å². The minimum atomic E-state index is -1.79. The molecule has 2 aliphatic rings. The van der Waals surface area contributed by atoms with Crippen molar-refractivity contribution in [2.24, 2.45) is 0 Å². The topological polar surface area (TPSA) is 164 Å². The summed E-state index contributed by atoms with van der Waals surface area (Å²) in [5, 5.41) is 51.9. The van der Waals surface area contributed by atoms with E-state index in [0.29, 0.717) is 51.9 Å². The number of nitrogens with zero attached hydrogens (tertiary/aromatic N) is 5. The van der Waals surface area contributed by atoms with E-state index in [1.807, 2.05) is 72.8 Å². The van der Waals surface area contributed by atoms with Gasteiger partial charge in [0, 0.05) is 39.3 Å². The molecule has 0 saturated carbocycles. The fraction of sp³-hybridized carbons (Fsp3) is 0.231. The molecular weight excluding hydrogens is 860 g/mol. The largest absolute Gasteiger partial charge is 0.479 e. The van der Waals surface area contributed by atoms with Gasteiger partial charge in [-0.25, -0.2) is 4.79 Å². The maximum absolute atomic E-state index is 13.4. The number of rotatable bonds is 8. The Kier molecular flexibility index (Phi) is 16.0. The Hall–Kier alpha value is -6.70. The average molecular weight is 910 g/mol. The first-order chi connectivity index (χ1) is 31.3. The molecule has 65 heavy (non-hydrogen) atoms. The lowest BCUT2D eigenvalue weighted by Gasteiger charge is -2.45. The van der Waals surface area contributed by atoms with E-state index in [0.717, 1.165) is 36.6 Å². The van der Waals surface area contributed by atoms with Gasteiger partial charge in [-0.1, -0.05) is 145 Å². The third kappa shape index (κ3) is 11.5. The van der Waals surface area contributed by atoms with Crippen molar-refractivity contribution in [3.63, 3.8) is 0 Å². The lowest BCUT2D eigenvalue weighted by molar-refractivity contribution is -0.157. The second kappa shape index (κ2) is 21.8. The molecule has 0 unspecified atom stereocenters. The monoisotopic (exact) mass is 908 g/mol.